The van der Waals surface area contributed by atoms with Gasteiger partial charge >= 0.3 is 5.97 Å². The summed E-state index contributed by atoms with van der Waals surface area (Å²) in [6.07, 6.45) is 0. The van der Waals surface area contributed by atoms with Gasteiger partial charge in [0.05, 0.1) is 22.1 Å². The van der Waals surface area contributed by atoms with E-state index in [1.807, 2.05) is 11.5 Å². The molecule has 27 heavy (non-hydrogen) atoms. The van der Waals surface area contributed by atoms with Gasteiger partial charge in [0.2, 0.25) is 0 Å². The van der Waals surface area contributed by atoms with Crippen LogP contribution >= 0.6 is 0 Å². The molecule has 0 aliphatic carbocycles. The van der Waals surface area contributed by atoms with Crippen LogP contribution in [-0.4, -0.2) is 29.3 Å². The van der Waals surface area contributed by atoms with Crippen LogP contribution in [0.3, 0.4) is 0 Å². The van der Waals surface area contributed by atoms with Gasteiger partial charge in [0.15, 0.2) is 6.61 Å². The molecular formula is C17H12N4O6. The lowest BCUT2D eigenvalue weighted by atomic mass is 10.1. The molecule has 0 atom stereocenters. The van der Waals surface area contributed by atoms with Gasteiger partial charge in [-0.1, -0.05) is 6.07 Å². The maximum Gasteiger partial charge on any atom is 0.338 e. The van der Waals surface area contributed by atoms with Gasteiger partial charge in [-0.3, -0.25) is 30.6 Å². The van der Waals surface area contributed by atoms with Crippen LogP contribution in [0.5, 0.6) is 0 Å². The lowest BCUT2D eigenvalue weighted by molar-refractivity contribution is -0.384. The Labute approximate surface area is 152 Å². The van der Waals surface area contributed by atoms with Crippen molar-refractivity contribution in [3.8, 4) is 6.07 Å². The second kappa shape index (κ2) is 8.72. The Kier molecular flexibility index (Phi) is 6.16. The third-order valence-corrected chi connectivity index (χ3v) is 3.22. The number of benzene rings is 2. The van der Waals surface area contributed by atoms with Gasteiger partial charge in [0.1, 0.15) is 0 Å². The zero-order valence-corrected chi connectivity index (χ0v) is 13.7. The smallest absolute Gasteiger partial charge is 0.338 e. The molecule has 0 saturated carbocycles. The van der Waals surface area contributed by atoms with Crippen molar-refractivity contribution in [2.24, 2.45) is 0 Å². The molecular weight excluding hydrogens is 356 g/mol. The minimum absolute atomic E-state index is 0.0286. The van der Waals surface area contributed by atoms with Crippen LogP contribution in [0.25, 0.3) is 0 Å². The van der Waals surface area contributed by atoms with Gasteiger partial charge in [-0.25, -0.2) is 4.79 Å². The van der Waals surface area contributed by atoms with Crippen molar-refractivity contribution in [2.45, 2.75) is 0 Å². The second-order valence-corrected chi connectivity index (χ2v) is 5.08. The summed E-state index contributed by atoms with van der Waals surface area (Å²) in [7, 11) is 0. The van der Waals surface area contributed by atoms with E-state index in [1.165, 1.54) is 42.5 Å². The van der Waals surface area contributed by atoms with Crippen LogP contribution in [0, 0.1) is 21.4 Å². The first-order chi connectivity index (χ1) is 12.9. The number of nitro benzene ring substituents is 1. The van der Waals surface area contributed by atoms with Crippen LogP contribution in [0.15, 0.2) is 48.5 Å². The quantitative estimate of drug-likeness (QED) is 0.455. The molecule has 0 radical (unpaired) electrons. The summed E-state index contributed by atoms with van der Waals surface area (Å²) in [5.41, 5.74) is 4.30. The lowest BCUT2D eigenvalue weighted by Crippen LogP contribution is -2.43. The van der Waals surface area contributed by atoms with Crippen LogP contribution in [0.1, 0.15) is 26.3 Å². The Morgan fingerprint density at radius 1 is 1.07 bits per heavy atom. The number of hydrogen-bond donors (Lipinski definition) is 2. The van der Waals surface area contributed by atoms with Crippen molar-refractivity contribution in [3.05, 3.63) is 75.3 Å². The van der Waals surface area contributed by atoms with Crippen molar-refractivity contribution >= 4 is 23.5 Å². The molecule has 0 spiro atoms. The summed E-state index contributed by atoms with van der Waals surface area (Å²) >= 11 is 0. The van der Waals surface area contributed by atoms with E-state index in [4.69, 9.17) is 10.00 Å². The van der Waals surface area contributed by atoms with Crippen LogP contribution in [-0.2, 0) is 9.53 Å². The summed E-state index contributed by atoms with van der Waals surface area (Å²) in [5, 5.41) is 19.4. The lowest BCUT2D eigenvalue weighted by Gasteiger charge is -2.08. The van der Waals surface area contributed by atoms with Crippen molar-refractivity contribution in [2.75, 3.05) is 6.61 Å². The highest BCUT2D eigenvalue weighted by atomic mass is 16.6. The fourth-order valence-electron chi connectivity index (χ4n) is 1.89. The Hall–Kier alpha value is -4.26. The molecule has 2 N–H and O–H groups in total. The van der Waals surface area contributed by atoms with E-state index >= 15 is 0 Å². The molecule has 0 bridgehead atoms. The predicted molar refractivity (Wildman–Crippen MR) is 90.1 cm³/mol. The highest BCUT2D eigenvalue weighted by Gasteiger charge is 2.13. The predicted octanol–water partition coefficient (Wildman–Crippen LogP) is 1.08. The molecule has 0 fully saturated rings. The van der Waals surface area contributed by atoms with E-state index in [1.54, 1.807) is 0 Å². The summed E-state index contributed by atoms with van der Waals surface area (Å²) in [5.74, 6) is -2.36. The standard InChI is InChI=1S/C17H12N4O6/c18-9-11-4-6-12(7-5-11)17(24)27-10-15(22)19-20-16(23)13-2-1-3-14(8-13)21(25)26/h1-8H,10H2,(H,19,22)(H,20,23). The van der Waals surface area contributed by atoms with Crippen molar-refractivity contribution in [3.63, 3.8) is 0 Å². The number of nitrogens with zero attached hydrogens (tertiary/aromatic N) is 2. The number of amides is 2. The summed E-state index contributed by atoms with van der Waals surface area (Å²) in [4.78, 5) is 45.3. The molecule has 2 aromatic carbocycles. The zero-order chi connectivity index (χ0) is 19.8. The number of rotatable bonds is 5. The van der Waals surface area contributed by atoms with Gasteiger partial charge in [-0.2, -0.15) is 5.26 Å². The van der Waals surface area contributed by atoms with Gasteiger partial charge < -0.3 is 4.74 Å². The molecule has 10 nitrogen and oxygen atoms in total. The molecule has 0 aromatic heterocycles. The molecule has 0 aliphatic heterocycles. The Morgan fingerprint density at radius 3 is 2.41 bits per heavy atom. The SMILES string of the molecule is N#Cc1ccc(C(=O)OCC(=O)NNC(=O)c2cccc([N+](=O)[O-])c2)cc1. The Morgan fingerprint density at radius 2 is 1.78 bits per heavy atom. The minimum Gasteiger partial charge on any atom is -0.452 e. The third kappa shape index (κ3) is 5.36. The Bertz CT molecular complexity index is 933. The van der Waals surface area contributed by atoms with E-state index in [0.717, 1.165) is 6.07 Å². The first kappa shape index (κ1) is 19.1. The molecule has 10 heteroatoms. The monoisotopic (exact) mass is 368 g/mol. The second-order valence-electron chi connectivity index (χ2n) is 5.08. The number of nitro groups is 1. The maximum atomic E-state index is 11.9. The first-order valence-corrected chi connectivity index (χ1v) is 7.41. The average Bonchev–Trinajstić information content (AvgIpc) is 2.70. The number of carbonyl (C=O) groups is 3. The fourth-order valence-corrected chi connectivity index (χ4v) is 1.89. The first-order valence-electron chi connectivity index (χ1n) is 7.41. The summed E-state index contributed by atoms with van der Waals surface area (Å²) in [6.45, 7) is -0.659. The molecule has 136 valence electrons. The van der Waals surface area contributed by atoms with Crippen LogP contribution < -0.4 is 10.9 Å². The van der Waals surface area contributed by atoms with Crippen LogP contribution in [0.4, 0.5) is 5.69 Å². The van der Waals surface area contributed by atoms with Crippen molar-refractivity contribution in [1.82, 2.24) is 10.9 Å². The minimum atomic E-state index is -0.809. The van der Waals surface area contributed by atoms with Crippen molar-refractivity contribution in [1.29, 1.82) is 5.26 Å². The zero-order valence-electron chi connectivity index (χ0n) is 13.7. The van der Waals surface area contributed by atoms with Crippen molar-refractivity contribution < 1.29 is 24.0 Å². The van der Waals surface area contributed by atoms with E-state index in [9.17, 15) is 24.5 Å². The van der Waals surface area contributed by atoms with Gasteiger partial charge in [-0.15, -0.1) is 0 Å². The van der Waals surface area contributed by atoms with Gasteiger partial charge in [0, 0.05) is 17.7 Å². The summed E-state index contributed by atoms with van der Waals surface area (Å²) < 4.78 is 4.78. The number of non-ortho nitro benzene ring substituents is 1. The number of esters is 1. The molecule has 2 amide bonds. The van der Waals surface area contributed by atoms with E-state index in [-0.39, 0.29) is 16.8 Å². The number of hydrazine groups is 1. The topological polar surface area (TPSA) is 151 Å². The molecule has 2 rings (SSSR count). The summed E-state index contributed by atoms with van der Waals surface area (Å²) in [6, 6.07) is 12.4. The van der Waals surface area contributed by atoms with Gasteiger partial charge in [0.25, 0.3) is 17.5 Å². The largest absolute Gasteiger partial charge is 0.452 e. The van der Waals surface area contributed by atoms with E-state index < -0.39 is 29.3 Å². The number of carbonyl (C=O) groups excluding carboxylic acids is 3. The molecule has 0 unspecified atom stereocenters. The fraction of sp³-hybridized carbons (Fsp3) is 0.0588. The Balaban J connectivity index is 1.82. The highest BCUT2D eigenvalue weighted by Crippen LogP contribution is 2.12. The number of hydrogen-bond acceptors (Lipinski definition) is 7. The maximum absolute atomic E-state index is 11.9. The third-order valence-electron chi connectivity index (χ3n) is 3.22. The van der Waals surface area contributed by atoms with E-state index in [2.05, 4.69) is 5.43 Å². The highest BCUT2D eigenvalue weighted by molar-refractivity contribution is 5.96. The number of ether oxygens (including phenoxy) is 1. The molecule has 0 aliphatic rings. The van der Waals surface area contributed by atoms with Crippen LogP contribution in [0.2, 0.25) is 0 Å². The van der Waals surface area contributed by atoms with E-state index in [0.29, 0.717) is 5.56 Å². The molecule has 2 aromatic rings. The number of nitrogens with one attached hydrogen (secondary N) is 2. The normalized spacial score (nSPS) is 9.59. The average molecular weight is 368 g/mol. The molecule has 0 saturated heterocycles. The number of nitriles is 1. The molecule has 0 heterocycles. The van der Waals surface area contributed by atoms with Gasteiger partial charge in [-0.05, 0) is 30.3 Å².